The molecule has 0 fully saturated rings. The molecule has 1 nitrogen and oxygen atoms in total. The second-order valence-electron chi connectivity index (χ2n) is 1.92. The Kier molecular flexibility index (Phi) is 21.8. The van der Waals surface area contributed by atoms with Gasteiger partial charge in [-0.25, -0.2) is 0 Å². The van der Waals surface area contributed by atoms with E-state index in [-0.39, 0.29) is 40.4 Å². The summed E-state index contributed by atoms with van der Waals surface area (Å²) in [6.45, 7) is 6.35. The molecule has 0 bridgehead atoms. The van der Waals surface area contributed by atoms with E-state index in [0.29, 0.717) is 6.10 Å². The first-order valence-corrected chi connectivity index (χ1v) is 4.46. The Balaban J connectivity index is -0.000000180. The second kappa shape index (κ2) is 11.8. The smallest absolute Gasteiger partial charge is 0.435 e. The highest BCUT2D eigenvalue weighted by atomic mass is 35.5. The van der Waals surface area contributed by atoms with Crippen LogP contribution in [0.5, 0.6) is 0 Å². The van der Waals surface area contributed by atoms with Gasteiger partial charge in [-0.2, -0.15) is 0 Å². The van der Waals surface area contributed by atoms with Crippen LogP contribution in [-0.4, -0.2) is 21.7 Å². The van der Waals surface area contributed by atoms with Gasteiger partial charge in [-0.3, -0.25) is 0 Å². The Hall–Kier alpha value is 1.07. The molecule has 0 amide bonds. The molecule has 0 unspecified atom stereocenters. The minimum absolute atomic E-state index is 0. The topological polar surface area (TPSA) is 9.23 Å². The molecule has 0 saturated heterocycles. The third kappa shape index (κ3) is 17.6. The summed E-state index contributed by atoms with van der Waals surface area (Å²) in [5.41, 5.74) is 0. The Bertz CT molecular complexity index is 43.9. The minimum Gasteiger partial charge on any atom is -0.501 e. The maximum Gasteiger partial charge on any atom is 0.435 e. The summed E-state index contributed by atoms with van der Waals surface area (Å²) in [4.78, 5) is 0. The van der Waals surface area contributed by atoms with Crippen molar-refractivity contribution in [2.45, 2.75) is 32.2 Å². The van der Waals surface area contributed by atoms with Crippen molar-refractivity contribution in [1.82, 2.24) is 0 Å². The van der Waals surface area contributed by atoms with Crippen molar-refractivity contribution in [1.29, 1.82) is 0 Å². The molecule has 0 aromatic carbocycles. The van der Waals surface area contributed by atoms with Gasteiger partial charge in [0.15, 0.2) is 0 Å². The van der Waals surface area contributed by atoms with Crippen LogP contribution in [0, 0.1) is 0 Å². The predicted molar refractivity (Wildman–Crippen MR) is 48.3 cm³/mol. The van der Waals surface area contributed by atoms with Gasteiger partial charge < -0.3 is 3.79 Å². The van der Waals surface area contributed by atoms with Crippen molar-refractivity contribution in [3.8, 4) is 0 Å². The summed E-state index contributed by atoms with van der Waals surface area (Å²) in [5, 5.41) is 1.26. The van der Waals surface area contributed by atoms with Gasteiger partial charge in [-0.15, -0.1) is 24.8 Å². The fraction of sp³-hybridized carbons (Fsp3) is 1.00. The van der Waals surface area contributed by atoms with Gasteiger partial charge in [0.25, 0.3) is 0 Å². The van der Waals surface area contributed by atoms with Crippen LogP contribution in [0.15, 0.2) is 0 Å². The van der Waals surface area contributed by atoms with Crippen LogP contribution in [0.3, 0.4) is 0 Å². The molecule has 0 saturated carbocycles. The number of hydrogen-bond donors (Lipinski definition) is 0. The standard InChI is InChI=1S/C3H7O.C2H5.Al.2ClH.H/c1-3(2)4;1-2;;;;/h3H,1-2H3;1H2,2H3;;2*1H;/q-1;;+1;;;. The largest absolute Gasteiger partial charge is 0.501 e. The SMILES string of the molecule is C[CH2][AlH][O]C(C)C.Cl.Cl. The summed E-state index contributed by atoms with van der Waals surface area (Å²) in [6.07, 6.45) is 0.464. The van der Waals surface area contributed by atoms with Gasteiger partial charge in [0.05, 0.1) is 0 Å². The Morgan fingerprint density at radius 2 is 1.78 bits per heavy atom. The predicted octanol–water partition coefficient (Wildman–Crippen LogP) is 2.04. The second-order valence-corrected chi connectivity index (χ2v) is 3.66. The van der Waals surface area contributed by atoms with Crippen LogP contribution in [0.4, 0.5) is 0 Å². The third-order valence-electron chi connectivity index (χ3n) is 0.655. The molecule has 0 aliphatic carbocycles. The summed E-state index contributed by atoms with van der Waals surface area (Å²) in [6, 6.07) is 0. The maximum atomic E-state index is 5.33. The van der Waals surface area contributed by atoms with Crippen molar-refractivity contribution in [2.75, 3.05) is 0 Å². The first-order valence-electron chi connectivity index (χ1n) is 2.89. The zero-order chi connectivity index (χ0) is 5.70. The fourth-order valence-corrected chi connectivity index (χ4v) is 1.06. The molecule has 4 heteroatoms. The van der Waals surface area contributed by atoms with E-state index in [4.69, 9.17) is 3.79 Å². The highest BCUT2D eigenvalue weighted by Crippen LogP contribution is 1.85. The average Bonchev–Trinajstić information content (AvgIpc) is 1.61. The van der Waals surface area contributed by atoms with Gasteiger partial charge in [0.1, 0.15) is 0 Å². The van der Waals surface area contributed by atoms with Crippen molar-refractivity contribution in [3.63, 3.8) is 0 Å². The number of hydrogen-bond acceptors (Lipinski definition) is 1. The molecule has 0 radical (unpaired) electrons. The summed E-state index contributed by atoms with van der Waals surface area (Å²) < 4.78 is 5.33. The van der Waals surface area contributed by atoms with Gasteiger partial charge in [-0.1, -0.05) is 12.2 Å². The lowest BCUT2D eigenvalue weighted by atomic mass is 10.5. The van der Waals surface area contributed by atoms with Crippen LogP contribution in [0.25, 0.3) is 0 Å². The lowest BCUT2D eigenvalue weighted by Crippen LogP contribution is -2.05. The van der Waals surface area contributed by atoms with Crippen molar-refractivity contribution in [3.05, 3.63) is 0 Å². The molecule has 0 atom stereocenters. The molecule has 0 aromatic heterocycles. The molecular weight excluding hydrogens is 174 g/mol. The van der Waals surface area contributed by atoms with E-state index in [1.807, 2.05) is 0 Å². The van der Waals surface area contributed by atoms with E-state index in [2.05, 4.69) is 20.8 Å². The molecule has 58 valence electrons. The molecule has 0 aliphatic rings. The molecule has 0 aliphatic heterocycles. The number of rotatable bonds is 3. The van der Waals surface area contributed by atoms with E-state index in [9.17, 15) is 0 Å². The lowest BCUT2D eigenvalue weighted by molar-refractivity contribution is 0.256. The van der Waals surface area contributed by atoms with E-state index in [0.717, 1.165) is 0 Å². The summed E-state index contributed by atoms with van der Waals surface area (Å²) >= 11 is -0.126. The molecule has 9 heavy (non-hydrogen) atoms. The molecule has 0 aromatic rings. The van der Waals surface area contributed by atoms with E-state index < -0.39 is 0 Å². The van der Waals surface area contributed by atoms with E-state index >= 15 is 0 Å². The third-order valence-corrected chi connectivity index (χ3v) is 1.97. The minimum atomic E-state index is -0.126. The lowest BCUT2D eigenvalue weighted by Gasteiger charge is -2.03. The van der Waals surface area contributed by atoms with Crippen LogP contribution < -0.4 is 0 Å². The Morgan fingerprint density at radius 1 is 1.33 bits per heavy atom. The molecule has 0 spiro atoms. The van der Waals surface area contributed by atoms with E-state index in [1.165, 1.54) is 5.28 Å². The zero-order valence-electron chi connectivity index (χ0n) is 6.22. The molecular formula is C5H15AlCl2O. The first-order chi connectivity index (χ1) is 3.27. The molecule has 0 N–H and O–H groups in total. The first kappa shape index (κ1) is 16.6. The highest BCUT2D eigenvalue weighted by molar-refractivity contribution is 6.26. The Labute approximate surface area is 76.4 Å². The maximum absolute atomic E-state index is 5.33. The quantitative estimate of drug-likeness (QED) is 0.617. The summed E-state index contributed by atoms with van der Waals surface area (Å²) in [5.74, 6) is 0. The van der Waals surface area contributed by atoms with Crippen LogP contribution in [0.1, 0.15) is 20.8 Å². The van der Waals surface area contributed by atoms with Gasteiger partial charge >= 0.3 is 15.6 Å². The van der Waals surface area contributed by atoms with Gasteiger partial charge in [0, 0.05) is 6.10 Å². The average molecular weight is 189 g/mol. The van der Waals surface area contributed by atoms with Crippen molar-refractivity contribution in [2.24, 2.45) is 0 Å². The Morgan fingerprint density at radius 3 is 1.89 bits per heavy atom. The molecule has 0 rings (SSSR count). The van der Waals surface area contributed by atoms with Crippen LogP contribution in [0.2, 0.25) is 5.28 Å². The molecule has 0 heterocycles. The van der Waals surface area contributed by atoms with E-state index in [1.54, 1.807) is 0 Å². The van der Waals surface area contributed by atoms with Crippen molar-refractivity contribution >= 4 is 40.4 Å². The van der Waals surface area contributed by atoms with Gasteiger partial charge in [0.2, 0.25) is 0 Å². The number of halogens is 2. The van der Waals surface area contributed by atoms with Gasteiger partial charge in [-0.05, 0) is 13.8 Å². The monoisotopic (exact) mass is 188 g/mol. The summed E-state index contributed by atoms with van der Waals surface area (Å²) in [7, 11) is 0. The van der Waals surface area contributed by atoms with Crippen molar-refractivity contribution < 1.29 is 3.79 Å². The fourth-order valence-electron chi connectivity index (χ4n) is 0.354. The zero-order valence-corrected chi connectivity index (χ0v) is 9.26. The highest BCUT2D eigenvalue weighted by Gasteiger charge is 1.91. The van der Waals surface area contributed by atoms with Crippen LogP contribution in [-0.2, 0) is 3.79 Å². The normalized spacial score (nSPS) is 7.56. The van der Waals surface area contributed by atoms with Crippen LogP contribution >= 0.6 is 24.8 Å².